The normalized spacial score (nSPS) is 11.9. The Morgan fingerprint density at radius 1 is 1.20 bits per heavy atom. The zero-order valence-electron chi connectivity index (χ0n) is 10.8. The first kappa shape index (κ1) is 14.4. The van der Waals surface area contributed by atoms with Crippen molar-refractivity contribution in [2.75, 3.05) is 13.1 Å². The fourth-order valence-corrected chi connectivity index (χ4v) is 1.20. The van der Waals surface area contributed by atoms with E-state index in [0.717, 1.165) is 19.0 Å². The molecule has 0 rings (SSSR count). The van der Waals surface area contributed by atoms with E-state index in [1.54, 1.807) is 0 Å². The predicted octanol–water partition coefficient (Wildman–Crippen LogP) is 1.93. The van der Waals surface area contributed by atoms with Gasteiger partial charge in [-0.25, -0.2) is 0 Å². The fourth-order valence-electron chi connectivity index (χ4n) is 1.20. The van der Waals surface area contributed by atoms with Crippen molar-refractivity contribution < 1.29 is 4.79 Å². The highest BCUT2D eigenvalue weighted by Crippen LogP contribution is 1.99. The van der Waals surface area contributed by atoms with Gasteiger partial charge >= 0.3 is 0 Å². The molecule has 0 aliphatic carbocycles. The number of amides is 1. The molecule has 0 spiro atoms. The largest absolute Gasteiger partial charge is 0.351 e. The Bertz CT molecular complexity index is 183. The molecule has 3 nitrogen and oxygen atoms in total. The van der Waals surface area contributed by atoms with Crippen LogP contribution in [-0.4, -0.2) is 24.5 Å². The van der Waals surface area contributed by atoms with Gasteiger partial charge < -0.3 is 10.6 Å². The summed E-state index contributed by atoms with van der Waals surface area (Å²) in [6.45, 7) is 12.2. The molecule has 0 aromatic rings. The molecule has 0 saturated heterocycles. The Morgan fingerprint density at radius 2 is 1.80 bits per heavy atom. The summed E-state index contributed by atoms with van der Waals surface area (Å²) in [6, 6.07) is 0. The molecule has 2 N–H and O–H groups in total. The van der Waals surface area contributed by atoms with Crippen molar-refractivity contribution >= 4 is 5.91 Å². The van der Waals surface area contributed by atoms with Crippen molar-refractivity contribution in [3.05, 3.63) is 0 Å². The van der Waals surface area contributed by atoms with Gasteiger partial charge in [0, 0.05) is 18.5 Å². The minimum Gasteiger partial charge on any atom is -0.351 e. The van der Waals surface area contributed by atoms with E-state index in [1.807, 2.05) is 20.8 Å². The molecule has 0 saturated carbocycles. The molecule has 0 aliphatic heterocycles. The molecule has 0 aromatic carbocycles. The molecule has 0 heterocycles. The maximum Gasteiger partial charge on any atom is 0.221 e. The van der Waals surface area contributed by atoms with Crippen LogP contribution in [0, 0.1) is 5.92 Å². The van der Waals surface area contributed by atoms with Gasteiger partial charge in [0.2, 0.25) is 5.91 Å². The molecule has 0 aliphatic rings. The van der Waals surface area contributed by atoms with Crippen molar-refractivity contribution in [2.24, 2.45) is 5.92 Å². The van der Waals surface area contributed by atoms with Crippen molar-refractivity contribution in [1.29, 1.82) is 0 Å². The lowest BCUT2D eigenvalue weighted by Gasteiger charge is -2.20. The highest BCUT2D eigenvalue weighted by molar-refractivity contribution is 5.76. The summed E-state index contributed by atoms with van der Waals surface area (Å²) in [7, 11) is 0. The summed E-state index contributed by atoms with van der Waals surface area (Å²) in [5.74, 6) is 0.848. The Balaban J connectivity index is 3.40. The Labute approximate surface area is 94.0 Å². The van der Waals surface area contributed by atoms with Gasteiger partial charge in [-0.2, -0.15) is 0 Å². The maximum atomic E-state index is 11.4. The van der Waals surface area contributed by atoms with Gasteiger partial charge in [0.1, 0.15) is 0 Å². The van der Waals surface area contributed by atoms with Crippen molar-refractivity contribution in [1.82, 2.24) is 10.6 Å². The van der Waals surface area contributed by atoms with Crippen LogP contribution in [0.5, 0.6) is 0 Å². The predicted molar refractivity (Wildman–Crippen MR) is 64.8 cm³/mol. The number of carbonyl (C=O) groups excluding carboxylic acids is 1. The zero-order chi connectivity index (χ0) is 11.9. The lowest BCUT2D eigenvalue weighted by Crippen LogP contribution is -2.41. The van der Waals surface area contributed by atoms with Crippen LogP contribution in [0.2, 0.25) is 0 Å². The summed E-state index contributed by atoms with van der Waals surface area (Å²) in [6.07, 6.45) is 1.73. The molecule has 0 fully saturated rings. The van der Waals surface area contributed by atoms with Crippen molar-refractivity contribution in [3.63, 3.8) is 0 Å². The smallest absolute Gasteiger partial charge is 0.221 e. The van der Waals surface area contributed by atoms with E-state index in [0.29, 0.717) is 6.42 Å². The highest BCUT2D eigenvalue weighted by atomic mass is 16.1. The lowest BCUT2D eigenvalue weighted by molar-refractivity contribution is -0.122. The van der Waals surface area contributed by atoms with Gasteiger partial charge in [0.05, 0.1) is 0 Å². The molecular formula is C12H26N2O. The molecule has 0 atom stereocenters. The third-order valence-electron chi connectivity index (χ3n) is 1.94. The monoisotopic (exact) mass is 214 g/mol. The van der Waals surface area contributed by atoms with Gasteiger partial charge in [0.25, 0.3) is 0 Å². The van der Waals surface area contributed by atoms with Crippen LogP contribution in [-0.2, 0) is 4.79 Å². The van der Waals surface area contributed by atoms with Crippen LogP contribution in [0.15, 0.2) is 0 Å². The van der Waals surface area contributed by atoms with Crippen molar-refractivity contribution in [3.8, 4) is 0 Å². The minimum absolute atomic E-state index is 0.116. The van der Waals surface area contributed by atoms with Crippen molar-refractivity contribution in [2.45, 2.75) is 53.0 Å². The van der Waals surface area contributed by atoms with E-state index >= 15 is 0 Å². The summed E-state index contributed by atoms with van der Waals surface area (Å²) in [4.78, 5) is 11.4. The van der Waals surface area contributed by atoms with Gasteiger partial charge in [-0.3, -0.25) is 4.79 Å². The second kappa shape index (κ2) is 6.83. The third kappa shape index (κ3) is 11.4. The molecule has 0 bridgehead atoms. The first-order chi connectivity index (χ1) is 6.81. The first-order valence-electron chi connectivity index (χ1n) is 5.83. The van der Waals surface area contributed by atoms with Gasteiger partial charge in [-0.15, -0.1) is 0 Å². The van der Waals surface area contributed by atoms with Crippen LogP contribution >= 0.6 is 0 Å². The van der Waals surface area contributed by atoms with Gasteiger partial charge in [0.15, 0.2) is 0 Å². The van der Waals surface area contributed by atoms with Crippen LogP contribution in [0.1, 0.15) is 47.5 Å². The van der Waals surface area contributed by atoms with E-state index in [4.69, 9.17) is 0 Å². The average molecular weight is 214 g/mol. The van der Waals surface area contributed by atoms with E-state index in [9.17, 15) is 4.79 Å². The number of carbonyl (C=O) groups is 1. The molecule has 15 heavy (non-hydrogen) atoms. The molecule has 0 unspecified atom stereocenters. The first-order valence-corrected chi connectivity index (χ1v) is 5.83. The second-order valence-corrected chi connectivity index (χ2v) is 5.48. The van der Waals surface area contributed by atoms with E-state index in [1.165, 1.54) is 6.42 Å². The molecule has 0 radical (unpaired) electrons. The Hall–Kier alpha value is -0.570. The number of hydrogen-bond acceptors (Lipinski definition) is 2. The number of hydrogen-bond donors (Lipinski definition) is 2. The number of nitrogens with one attached hydrogen (secondary N) is 2. The maximum absolute atomic E-state index is 11.4. The molecule has 90 valence electrons. The summed E-state index contributed by atoms with van der Waals surface area (Å²) < 4.78 is 0. The Morgan fingerprint density at radius 3 is 2.27 bits per heavy atom. The standard InChI is InChI=1S/C12H26N2O/c1-10(2)6-8-13-9-7-11(15)14-12(3,4)5/h10,13H,6-9H2,1-5H3,(H,14,15). The van der Waals surface area contributed by atoms with E-state index in [2.05, 4.69) is 24.5 Å². The SMILES string of the molecule is CC(C)CCNCCC(=O)NC(C)(C)C. The molecule has 1 amide bonds. The second-order valence-electron chi connectivity index (χ2n) is 5.48. The van der Waals surface area contributed by atoms with E-state index < -0.39 is 0 Å². The summed E-state index contributed by atoms with van der Waals surface area (Å²) >= 11 is 0. The molecule has 3 heteroatoms. The lowest BCUT2D eigenvalue weighted by atomic mass is 10.1. The van der Waals surface area contributed by atoms with Crippen LogP contribution < -0.4 is 10.6 Å². The van der Waals surface area contributed by atoms with Crippen LogP contribution in [0.4, 0.5) is 0 Å². The third-order valence-corrected chi connectivity index (χ3v) is 1.94. The molecular weight excluding hydrogens is 188 g/mol. The van der Waals surface area contributed by atoms with Crippen LogP contribution in [0.3, 0.4) is 0 Å². The average Bonchev–Trinajstić information content (AvgIpc) is 1.99. The molecule has 0 aromatic heterocycles. The number of rotatable bonds is 6. The zero-order valence-corrected chi connectivity index (χ0v) is 10.8. The fraction of sp³-hybridized carbons (Fsp3) is 0.917. The topological polar surface area (TPSA) is 41.1 Å². The van der Waals surface area contributed by atoms with Gasteiger partial charge in [-0.1, -0.05) is 13.8 Å². The Kier molecular flexibility index (Phi) is 6.57. The minimum atomic E-state index is -0.116. The van der Waals surface area contributed by atoms with Gasteiger partial charge in [-0.05, 0) is 39.7 Å². The summed E-state index contributed by atoms with van der Waals surface area (Å²) in [5, 5.41) is 6.21. The quantitative estimate of drug-likeness (QED) is 0.663. The summed E-state index contributed by atoms with van der Waals surface area (Å²) in [5.41, 5.74) is -0.116. The van der Waals surface area contributed by atoms with Crippen LogP contribution in [0.25, 0.3) is 0 Å². The van der Waals surface area contributed by atoms with E-state index in [-0.39, 0.29) is 11.4 Å². The highest BCUT2D eigenvalue weighted by Gasteiger charge is 2.12.